The van der Waals surface area contributed by atoms with Gasteiger partial charge in [0.2, 0.25) is 0 Å². The van der Waals surface area contributed by atoms with E-state index in [0.717, 1.165) is 0 Å². The minimum absolute atomic E-state index is 0.259. The smallest absolute Gasteiger partial charge is 0.0499 e. The van der Waals surface area contributed by atoms with Gasteiger partial charge in [0, 0.05) is 12.5 Å². The minimum Gasteiger partial charge on any atom is -0.396 e. The molecule has 0 amide bonds. The van der Waals surface area contributed by atoms with E-state index in [-0.39, 0.29) is 12.0 Å². The first kappa shape index (κ1) is 7.80. The highest BCUT2D eigenvalue weighted by Crippen LogP contribution is 2.41. The van der Waals surface area contributed by atoms with Crippen LogP contribution in [0.1, 0.15) is 20.8 Å². The highest BCUT2D eigenvalue weighted by atomic mass is 16.3. The topological polar surface area (TPSA) is 20.2 Å². The molecular weight excluding hydrogens is 124 g/mol. The molecule has 58 valence electrons. The third kappa shape index (κ3) is 0.988. The van der Waals surface area contributed by atoms with E-state index < -0.39 is 0 Å². The van der Waals surface area contributed by atoms with Gasteiger partial charge in [-0.15, -0.1) is 0 Å². The first-order chi connectivity index (χ1) is 4.59. The molecule has 0 unspecified atom stereocenters. The summed E-state index contributed by atoms with van der Waals surface area (Å²) in [6.45, 7) is 6.90. The Morgan fingerprint density at radius 2 is 2.00 bits per heavy atom. The average Bonchev–Trinajstić information content (AvgIpc) is 2.10. The van der Waals surface area contributed by atoms with Gasteiger partial charge < -0.3 is 5.11 Å². The fraction of sp³-hybridized carbons (Fsp3) is 0.778. The van der Waals surface area contributed by atoms with Crippen molar-refractivity contribution in [2.24, 2.45) is 17.3 Å². The maximum absolute atomic E-state index is 8.97. The van der Waals surface area contributed by atoms with Gasteiger partial charge in [-0.1, -0.05) is 32.9 Å². The van der Waals surface area contributed by atoms with Crippen LogP contribution >= 0.6 is 0 Å². The summed E-state index contributed by atoms with van der Waals surface area (Å²) in [6, 6.07) is 0. The Morgan fingerprint density at radius 1 is 1.40 bits per heavy atom. The van der Waals surface area contributed by atoms with Crippen LogP contribution in [-0.2, 0) is 0 Å². The number of allylic oxidation sites excluding steroid dienone is 1. The van der Waals surface area contributed by atoms with E-state index >= 15 is 0 Å². The lowest BCUT2D eigenvalue weighted by atomic mass is 9.76. The summed E-state index contributed by atoms with van der Waals surface area (Å²) in [4.78, 5) is 0. The van der Waals surface area contributed by atoms with E-state index in [4.69, 9.17) is 5.11 Å². The Labute approximate surface area is 62.8 Å². The molecule has 0 radical (unpaired) electrons. The van der Waals surface area contributed by atoms with Crippen LogP contribution in [0.2, 0.25) is 0 Å². The zero-order valence-electron chi connectivity index (χ0n) is 6.96. The normalized spacial score (nSPS) is 36.8. The molecule has 1 aliphatic carbocycles. The fourth-order valence-corrected chi connectivity index (χ4v) is 1.43. The molecule has 1 rings (SSSR count). The zero-order valence-corrected chi connectivity index (χ0v) is 6.96. The molecular formula is C9H16O. The minimum atomic E-state index is 0.259. The van der Waals surface area contributed by atoms with Crippen molar-refractivity contribution in [2.75, 3.05) is 6.61 Å². The monoisotopic (exact) mass is 140 g/mol. The lowest BCUT2D eigenvalue weighted by Crippen LogP contribution is -2.26. The Kier molecular flexibility index (Phi) is 1.86. The van der Waals surface area contributed by atoms with Gasteiger partial charge in [0.1, 0.15) is 0 Å². The van der Waals surface area contributed by atoms with Crippen molar-refractivity contribution in [1.82, 2.24) is 0 Å². The highest BCUT2D eigenvalue weighted by molar-refractivity contribution is 5.09. The summed E-state index contributed by atoms with van der Waals surface area (Å²) in [7, 11) is 0. The maximum Gasteiger partial charge on any atom is 0.0499 e. The van der Waals surface area contributed by atoms with Crippen molar-refractivity contribution >= 4 is 0 Å². The van der Waals surface area contributed by atoms with E-state index in [0.29, 0.717) is 11.8 Å². The summed E-state index contributed by atoms with van der Waals surface area (Å²) in [5, 5.41) is 8.97. The van der Waals surface area contributed by atoms with Crippen LogP contribution in [0.3, 0.4) is 0 Å². The summed E-state index contributed by atoms with van der Waals surface area (Å²) in [6.07, 6.45) is 4.32. The van der Waals surface area contributed by atoms with Crippen molar-refractivity contribution in [3.63, 3.8) is 0 Å². The maximum atomic E-state index is 8.97. The molecule has 0 aliphatic heterocycles. The summed E-state index contributed by atoms with van der Waals surface area (Å²) < 4.78 is 0. The molecule has 0 spiro atoms. The Bertz CT molecular complexity index is 147. The molecule has 2 atom stereocenters. The molecule has 1 N–H and O–H groups in total. The molecule has 0 heterocycles. The molecule has 10 heavy (non-hydrogen) atoms. The second kappa shape index (κ2) is 2.39. The van der Waals surface area contributed by atoms with Crippen molar-refractivity contribution in [2.45, 2.75) is 20.8 Å². The molecule has 0 aromatic carbocycles. The van der Waals surface area contributed by atoms with E-state index in [2.05, 4.69) is 32.9 Å². The Morgan fingerprint density at radius 3 is 2.20 bits per heavy atom. The van der Waals surface area contributed by atoms with Gasteiger partial charge in [-0.05, 0) is 11.3 Å². The number of aliphatic hydroxyl groups excluding tert-OH is 1. The third-order valence-electron chi connectivity index (χ3n) is 2.96. The first-order valence-electron chi connectivity index (χ1n) is 3.88. The second-order valence-corrected chi connectivity index (χ2v) is 3.78. The number of aliphatic hydroxyl groups is 1. The predicted molar refractivity (Wildman–Crippen MR) is 42.7 cm³/mol. The summed E-state index contributed by atoms with van der Waals surface area (Å²) >= 11 is 0. The molecule has 0 aromatic heterocycles. The Hall–Kier alpha value is -0.300. The average molecular weight is 140 g/mol. The van der Waals surface area contributed by atoms with Gasteiger partial charge in [-0.2, -0.15) is 0 Å². The van der Waals surface area contributed by atoms with Gasteiger partial charge in [0.25, 0.3) is 0 Å². The number of hydrogen-bond acceptors (Lipinski definition) is 1. The van der Waals surface area contributed by atoms with Crippen LogP contribution in [0, 0.1) is 17.3 Å². The van der Waals surface area contributed by atoms with Crippen molar-refractivity contribution in [1.29, 1.82) is 0 Å². The molecule has 0 aromatic rings. The van der Waals surface area contributed by atoms with Crippen LogP contribution in [0.5, 0.6) is 0 Å². The molecule has 0 saturated heterocycles. The number of hydrogen-bond donors (Lipinski definition) is 1. The Balaban J connectivity index is 2.72. The lowest BCUT2D eigenvalue weighted by Gasteiger charge is -2.30. The zero-order chi connectivity index (χ0) is 7.78. The van der Waals surface area contributed by atoms with Crippen LogP contribution < -0.4 is 0 Å². The quantitative estimate of drug-likeness (QED) is 0.551. The predicted octanol–water partition coefficient (Wildman–Crippen LogP) is 1.83. The molecule has 1 aliphatic rings. The molecule has 0 bridgehead atoms. The van der Waals surface area contributed by atoms with Crippen LogP contribution in [0.15, 0.2) is 12.2 Å². The lowest BCUT2D eigenvalue weighted by molar-refractivity contribution is 0.136. The molecule has 1 nitrogen and oxygen atoms in total. The molecule has 0 fully saturated rings. The SMILES string of the molecule is C[C@@H]1C=C[C@@H](CO)C1(C)C. The molecule has 1 heteroatoms. The third-order valence-corrected chi connectivity index (χ3v) is 2.96. The van der Waals surface area contributed by atoms with Crippen LogP contribution in [0.4, 0.5) is 0 Å². The van der Waals surface area contributed by atoms with Crippen LogP contribution in [0.25, 0.3) is 0 Å². The van der Waals surface area contributed by atoms with E-state index in [9.17, 15) is 0 Å². The first-order valence-corrected chi connectivity index (χ1v) is 3.88. The molecule has 0 saturated carbocycles. The summed E-state index contributed by atoms with van der Waals surface area (Å²) in [5.74, 6) is 0.965. The largest absolute Gasteiger partial charge is 0.396 e. The van der Waals surface area contributed by atoms with Crippen molar-refractivity contribution in [3.8, 4) is 0 Å². The van der Waals surface area contributed by atoms with E-state index in [1.54, 1.807) is 0 Å². The number of rotatable bonds is 1. The fourth-order valence-electron chi connectivity index (χ4n) is 1.43. The standard InChI is InChI=1S/C9H16O/c1-7-4-5-8(6-10)9(7,2)3/h4-5,7-8,10H,6H2,1-3H3/t7-,8+/m1/s1. The van der Waals surface area contributed by atoms with Crippen molar-refractivity contribution < 1.29 is 5.11 Å². The summed E-state index contributed by atoms with van der Waals surface area (Å²) in [5.41, 5.74) is 0.259. The van der Waals surface area contributed by atoms with Crippen LogP contribution in [-0.4, -0.2) is 11.7 Å². The van der Waals surface area contributed by atoms with Gasteiger partial charge in [-0.3, -0.25) is 0 Å². The van der Waals surface area contributed by atoms with Gasteiger partial charge in [0.05, 0.1) is 0 Å². The second-order valence-electron chi connectivity index (χ2n) is 3.78. The van der Waals surface area contributed by atoms with Gasteiger partial charge in [0.15, 0.2) is 0 Å². The van der Waals surface area contributed by atoms with Gasteiger partial charge >= 0.3 is 0 Å². The van der Waals surface area contributed by atoms with Crippen molar-refractivity contribution in [3.05, 3.63) is 12.2 Å². The van der Waals surface area contributed by atoms with E-state index in [1.807, 2.05) is 0 Å². The van der Waals surface area contributed by atoms with Gasteiger partial charge in [-0.25, -0.2) is 0 Å². The highest BCUT2D eigenvalue weighted by Gasteiger charge is 2.35. The van der Waals surface area contributed by atoms with E-state index in [1.165, 1.54) is 0 Å².